The molecule has 0 unspecified atom stereocenters. The Kier molecular flexibility index (Phi) is 4.55. The summed E-state index contributed by atoms with van der Waals surface area (Å²) < 4.78 is 29.5. The number of sulfonamides is 1. The van der Waals surface area contributed by atoms with Crippen molar-refractivity contribution in [3.05, 3.63) is 83.7 Å². The molecule has 124 valence electrons. The van der Waals surface area contributed by atoms with Crippen molar-refractivity contribution < 1.29 is 8.42 Å². The maximum Gasteiger partial charge on any atom is 0.240 e. The lowest BCUT2D eigenvalue weighted by Crippen LogP contribution is -2.23. The van der Waals surface area contributed by atoms with Crippen molar-refractivity contribution in [2.24, 2.45) is 0 Å². The van der Waals surface area contributed by atoms with Gasteiger partial charge in [-0.25, -0.2) is 13.1 Å². The first kappa shape index (κ1) is 16.5. The molecular formula is C19H20N2O2S. The van der Waals surface area contributed by atoms with Crippen molar-refractivity contribution >= 4 is 10.0 Å². The Balaban J connectivity index is 1.85. The zero-order valence-corrected chi connectivity index (χ0v) is 14.5. The first-order valence-electron chi connectivity index (χ1n) is 7.77. The number of nitrogens with one attached hydrogen (secondary N) is 1. The van der Waals surface area contributed by atoms with E-state index in [1.54, 1.807) is 30.3 Å². The molecule has 2 aromatic carbocycles. The fourth-order valence-electron chi connectivity index (χ4n) is 2.84. The molecular weight excluding hydrogens is 320 g/mol. The minimum Gasteiger partial charge on any atom is -0.318 e. The quantitative estimate of drug-likeness (QED) is 0.772. The van der Waals surface area contributed by atoms with Crippen LogP contribution in [0.4, 0.5) is 0 Å². The SMILES string of the molecule is Cc1cc(CNS(=O)(=O)c2ccccc2)c(C)n1-c1ccccc1. The Labute approximate surface area is 142 Å². The van der Waals surface area contributed by atoms with E-state index in [4.69, 9.17) is 0 Å². The van der Waals surface area contributed by atoms with Gasteiger partial charge in [-0.05, 0) is 49.7 Å². The summed E-state index contributed by atoms with van der Waals surface area (Å²) in [6.07, 6.45) is 0. The lowest BCUT2D eigenvalue weighted by Gasteiger charge is -2.10. The minimum absolute atomic E-state index is 0.268. The van der Waals surface area contributed by atoms with Gasteiger partial charge in [-0.3, -0.25) is 0 Å². The van der Waals surface area contributed by atoms with Crippen LogP contribution in [0.5, 0.6) is 0 Å². The fraction of sp³-hybridized carbons (Fsp3) is 0.158. The molecule has 0 aliphatic rings. The van der Waals surface area contributed by atoms with E-state index < -0.39 is 10.0 Å². The fourth-order valence-corrected chi connectivity index (χ4v) is 3.87. The Bertz CT molecular complexity index is 930. The minimum atomic E-state index is -3.50. The summed E-state index contributed by atoms with van der Waals surface area (Å²) in [5.74, 6) is 0. The third-order valence-electron chi connectivity index (χ3n) is 4.06. The Morgan fingerprint density at radius 1 is 0.917 bits per heavy atom. The van der Waals surface area contributed by atoms with Crippen molar-refractivity contribution in [1.82, 2.24) is 9.29 Å². The van der Waals surface area contributed by atoms with Gasteiger partial charge in [0.25, 0.3) is 0 Å². The molecule has 0 atom stereocenters. The van der Waals surface area contributed by atoms with Crippen LogP contribution in [0.1, 0.15) is 17.0 Å². The summed E-state index contributed by atoms with van der Waals surface area (Å²) in [5.41, 5.74) is 4.16. The molecule has 1 aromatic heterocycles. The third-order valence-corrected chi connectivity index (χ3v) is 5.47. The summed E-state index contributed by atoms with van der Waals surface area (Å²) >= 11 is 0. The molecule has 0 saturated carbocycles. The zero-order chi connectivity index (χ0) is 17.2. The number of benzene rings is 2. The number of aromatic nitrogens is 1. The Hall–Kier alpha value is -2.37. The molecule has 1 heterocycles. The van der Waals surface area contributed by atoms with Crippen molar-refractivity contribution in [3.63, 3.8) is 0 Å². The van der Waals surface area contributed by atoms with E-state index >= 15 is 0 Å². The highest BCUT2D eigenvalue weighted by Crippen LogP contribution is 2.21. The van der Waals surface area contributed by atoms with Gasteiger partial charge in [0.1, 0.15) is 0 Å². The normalized spacial score (nSPS) is 11.6. The number of para-hydroxylation sites is 1. The second-order valence-corrected chi connectivity index (χ2v) is 7.47. The lowest BCUT2D eigenvalue weighted by molar-refractivity contribution is 0.581. The molecule has 0 saturated heterocycles. The van der Waals surface area contributed by atoms with Crippen LogP contribution in [0.3, 0.4) is 0 Å². The molecule has 0 fully saturated rings. The van der Waals surface area contributed by atoms with Gasteiger partial charge in [0.15, 0.2) is 0 Å². The average molecular weight is 340 g/mol. The molecule has 3 aromatic rings. The monoisotopic (exact) mass is 340 g/mol. The summed E-state index contributed by atoms with van der Waals surface area (Å²) in [5, 5.41) is 0. The molecule has 0 aliphatic carbocycles. The van der Waals surface area contributed by atoms with Gasteiger partial charge >= 0.3 is 0 Å². The third kappa shape index (κ3) is 3.27. The molecule has 0 aliphatic heterocycles. The molecule has 1 N–H and O–H groups in total. The standard InChI is InChI=1S/C19H20N2O2S/c1-15-13-17(16(2)21(15)18-9-5-3-6-10-18)14-20-24(22,23)19-11-7-4-8-12-19/h3-13,20H,14H2,1-2H3. The van der Waals surface area contributed by atoms with Gasteiger partial charge in [0.05, 0.1) is 4.90 Å². The molecule has 3 rings (SSSR count). The van der Waals surface area contributed by atoms with Crippen LogP contribution in [0, 0.1) is 13.8 Å². The number of hydrogen-bond donors (Lipinski definition) is 1. The van der Waals surface area contributed by atoms with E-state index in [2.05, 4.69) is 9.29 Å². The predicted molar refractivity (Wildman–Crippen MR) is 95.7 cm³/mol. The van der Waals surface area contributed by atoms with Gasteiger partial charge in [-0.15, -0.1) is 0 Å². The van der Waals surface area contributed by atoms with Crippen molar-refractivity contribution in [2.75, 3.05) is 0 Å². The summed E-state index contributed by atoms with van der Waals surface area (Å²) in [6, 6.07) is 20.5. The number of aryl methyl sites for hydroxylation is 1. The van der Waals surface area contributed by atoms with Crippen molar-refractivity contribution in [1.29, 1.82) is 0 Å². The van der Waals surface area contributed by atoms with Crippen LogP contribution >= 0.6 is 0 Å². The van der Waals surface area contributed by atoms with Crippen molar-refractivity contribution in [2.45, 2.75) is 25.3 Å². The van der Waals surface area contributed by atoms with Crippen molar-refractivity contribution in [3.8, 4) is 5.69 Å². The summed E-state index contributed by atoms with van der Waals surface area (Å²) in [4.78, 5) is 0.280. The Morgan fingerprint density at radius 2 is 1.50 bits per heavy atom. The number of hydrogen-bond acceptors (Lipinski definition) is 2. The molecule has 0 radical (unpaired) electrons. The first-order chi connectivity index (χ1) is 11.5. The highest BCUT2D eigenvalue weighted by atomic mass is 32.2. The van der Waals surface area contributed by atoms with Crippen LogP contribution in [0.2, 0.25) is 0 Å². The molecule has 24 heavy (non-hydrogen) atoms. The van der Waals surface area contributed by atoms with E-state index in [9.17, 15) is 8.42 Å². The van der Waals surface area contributed by atoms with Gasteiger partial charge in [-0.2, -0.15) is 0 Å². The first-order valence-corrected chi connectivity index (χ1v) is 9.25. The highest BCUT2D eigenvalue weighted by Gasteiger charge is 2.16. The van der Waals surface area contributed by atoms with E-state index in [1.165, 1.54) is 0 Å². The summed E-state index contributed by atoms with van der Waals surface area (Å²) in [6.45, 7) is 4.30. The van der Waals surface area contributed by atoms with Crippen LogP contribution < -0.4 is 4.72 Å². The van der Waals surface area contributed by atoms with Crippen LogP contribution in [-0.4, -0.2) is 13.0 Å². The molecule has 4 nitrogen and oxygen atoms in total. The van der Waals surface area contributed by atoms with E-state index in [-0.39, 0.29) is 11.4 Å². The van der Waals surface area contributed by atoms with Gasteiger partial charge < -0.3 is 4.57 Å². The maximum absolute atomic E-state index is 12.4. The molecule has 5 heteroatoms. The number of rotatable bonds is 5. The summed E-state index contributed by atoms with van der Waals surface area (Å²) in [7, 11) is -3.50. The lowest BCUT2D eigenvalue weighted by atomic mass is 10.2. The smallest absolute Gasteiger partial charge is 0.240 e. The zero-order valence-electron chi connectivity index (χ0n) is 13.7. The van der Waals surface area contributed by atoms with Gasteiger partial charge in [0.2, 0.25) is 10.0 Å². The van der Waals surface area contributed by atoms with Gasteiger partial charge in [0, 0.05) is 23.6 Å². The maximum atomic E-state index is 12.4. The van der Waals surface area contributed by atoms with Crippen LogP contribution in [0.25, 0.3) is 5.69 Å². The number of nitrogens with zero attached hydrogens (tertiary/aromatic N) is 1. The molecule has 0 amide bonds. The average Bonchev–Trinajstić information content (AvgIpc) is 2.88. The highest BCUT2D eigenvalue weighted by molar-refractivity contribution is 7.89. The second kappa shape index (κ2) is 6.63. The molecule has 0 spiro atoms. The van der Waals surface area contributed by atoms with Crippen LogP contribution in [-0.2, 0) is 16.6 Å². The van der Waals surface area contributed by atoms with E-state index in [0.29, 0.717) is 0 Å². The second-order valence-electron chi connectivity index (χ2n) is 5.70. The molecule has 0 bridgehead atoms. The van der Waals surface area contributed by atoms with E-state index in [1.807, 2.05) is 50.2 Å². The van der Waals surface area contributed by atoms with E-state index in [0.717, 1.165) is 22.6 Å². The largest absolute Gasteiger partial charge is 0.318 e. The topological polar surface area (TPSA) is 51.1 Å². The Morgan fingerprint density at radius 3 is 2.12 bits per heavy atom. The van der Waals surface area contributed by atoms with Crippen LogP contribution in [0.15, 0.2) is 71.6 Å². The predicted octanol–water partition coefficient (Wildman–Crippen LogP) is 3.57. The van der Waals surface area contributed by atoms with Gasteiger partial charge in [-0.1, -0.05) is 36.4 Å².